The molecule has 0 radical (unpaired) electrons. The molecule has 0 bridgehead atoms. The molecule has 0 aliphatic rings. The summed E-state index contributed by atoms with van der Waals surface area (Å²) >= 11 is 1.15. The minimum absolute atomic E-state index is 0.0146. The Kier molecular flexibility index (Phi) is 6.69. The quantitative estimate of drug-likeness (QED) is 0.293. The zero-order chi connectivity index (χ0) is 23.4. The van der Waals surface area contributed by atoms with Gasteiger partial charge in [-0.1, -0.05) is 11.8 Å². The molecule has 0 fully saturated rings. The first-order valence-corrected chi connectivity index (χ1v) is 10.8. The van der Waals surface area contributed by atoms with Crippen molar-refractivity contribution >= 4 is 34.3 Å². The van der Waals surface area contributed by atoms with Crippen LogP contribution in [0, 0.1) is 11.6 Å². The number of hydrogen-bond acceptors (Lipinski definition) is 6. The molecular formula is C24H19F2N3O3S. The van der Waals surface area contributed by atoms with E-state index < -0.39 is 5.82 Å². The van der Waals surface area contributed by atoms with Gasteiger partial charge in [-0.2, -0.15) is 0 Å². The molecule has 3 aromatic carbocycles. The van der Waals surface area contributed by atoms with E-state index in [2.05, 4.69) is 15.3 Å². The Morgan fingerprint density at radius 1 is 0.939 bits per heavy atom. The number of thioether (sulfide) groups is 1. The number of halogens is 2. The summed E-state index contributed by atoms with van der Waals surface area (Å²) in [5, 5.41) is 3.72. The standard InChI is InChI=1S/C24H19F2N3O3S/c1-31-17-8-10-20(21(12-17)32-2)27-22(30)13-33-24-18-11-16(26)7-9-19(18)28-23(29-24)14-3-5-15(25)6-4-14/h3-12H,13H2,1-2H3,(H,27,30). The smallest absolute Gasteiger partial charge is 0.234 e. The highest BCUT2D eigenvalue weighted by Gasteiger charge is 2.14. The average Bonchev–Trinajstić information content (AvgIpc) is 2.83. The van der Waals surface area contributed by atoms with Gasteiger partial charge in [-0.05, 0) is 54.6 Å². The lowest BCUT2D eigenvalue weighted by Gasteiger charge is -2.12. The van der Waals surface area contributed by atoms with E-state index in [1.54, 1.807) is 43.5 Å². The highest BCUT2D eigenvalue weighted by atomic mass is 32.2. The van der Waals surface area contributed by atoms with Gasteiger partial charge in [0.15, 0.2) is 5.82 Å². The van der Waals surface area contributed by atoms with Crippen molar-refractivity contribution in [1.29, 1.82) is 0 Å². The molecule has 1 aromatic heterocycles. The molecule has 1 amide bonds. The largest absolute Gasteiger partial charge is 0.497 e. The summed E-state index contributed by atoms with van der Waals surface area (Å²) in [4.78, 5) is 21.6. The van der Waals surface area contributed by atoms with E-state index in [1.807, 2.05) is 0 Å². The third-order valence-corrected chi connectivity index (χ3v) is 5.74. The van der Waals surface area contributed by atoms with Crippen molar-refractivity contribution in [1.82, 2.24) is 9.97 Å². The summed E-state index contributed by atoms with van der Waals surface area (Å²) in [5.74, 6) is 0.323. The van der Waals surface area contributed by atoms with Crippen molar-refractivity contribution in [3.8, 4) is 22.9 Å². The molecule has 0 saturated carbocycles. The molecule has 4 aromatic rings. The second-order valence-electron chi connectivity index (χ2n) is 6.92. The number of carbonyl (C=O) groups excluding carboxylic acids is 1. The van der Waals surface area contributed by atoms with Crippen molar-refractivity contribution in [2.75, 3.05) is 25.3 Å². The number of benzene rings is 3. The van der Waals surface area contributed by atoms with Crippen LogP contribution in [0.5, 0.6) is 11.5 Å². The molecule has 0 atom stereocenters. The monoisotopic (exact) mass is 467 g/mol. The van der Waals surface area contributed by atoms with E-state index in [1.165, 1.54) is 31.4 Å². The Morgan fingerprint density at radius 2 is 1.70 bits per heavy atom. The van der Waals surface area contributed by atoms with Gasteiger partial charge >= 0.3 is 0 Å². The zero-order valence-corrected chi connectivity index (χ0v) is 18.6. The van der Waals surface area contributed by atoms with E-state index in [0.717, 1.165) is 11.8 Å². The number of carbonyl (C=O) groups is 1. The van der Waals surface area contributed by atoms with Gasteiger partial charge in [-0.25, -0.2) is 18.7 Å². The minimum atomic E-state index is -0.435. The predicted octanol–water partition coefficient (Wildman–Crippen LogP) is 5.32. The van der Waals surface area contributed by atoms with Gasteiger partial charge in [-0.3, -0.25) is 4.79 Å². The Bertz CT molecular complexity index is 1320. The zero-order valence-electron chi connectivity index (χ0n) is 17.8. The van der Waals surface area contributed by atoms with E-state index >= 15 is 0 Å². The third-order valence-electron chi connectivity index (χ3n) is 4.75. The Labute approximate surface area is 193 Å². The molecule has 4 rings (SSSR count). The maximum absolute atomic E-state index is 13.9. The van der Waals surface area contributed by atoms with Gasteiger partial charge in [-0.15, -0.1) is 0 Å². The minimum Gasteiger partial charge on any atom is -0.497 e. The van der Waals surface area contributed by atoms with E-state index in [4.69, 9.17) is 9.47 Å². The summed E-state index contributed by atoms with van der Waals surface area (Å²) < 4.78 is 37.7. The topological polar surface area (TPSA) is 73.3 Å². The molecule has 6 nitrogen and oxygen atoms in total. The molecule has 0 saturated heterocycles. The van der Waals surface area contributed by atoms with Gasteiger partial charge in [0.25, 0.3) is 0 Å². The number of nitrogens with one attached hydrogen (secondary N) is 1. The Hall–Kier alpha value is -3.72. The third kappa shape index (κ3) is 5.20. The van der Waals surface area contributed by atoms with Gasteiger partial charge in [0.2, 0.25) is 5.91 Å². The summed E-state index contributed by atoms with van der Waals surface area (Å²) in [6.45, 7) is 0. The summed E-state index contributed by atoms with van der Waals surface area (Å²) in [7, 11) is 3.04. The van der Waals surface area contributed by atoms with Crippen LogP contribution in [0.2, 0.25) is 0 Å². The van der Waals surface area contributed by atoms with Crippen LogP contribution < -0.4 is 14.8 Å². The van der Waals surface area contributed by atoms with Crippen LogP contribution in [-0.4, -0.2) is 35.8 Å². The van der Waals surface area contributed by atoms with Crippen LogP contribution in [-0.2, 0) is 4.79 Å². The first-order chi connectivity index (χ1) is 16.0. The summed E-state index contributed by atoms with van der Waals surface area (Å²) in [5.41, 5.74) is 1.62. The van der Waals surface area contributed by atoms with Crippen molar-refractivity contribution in [3.05, 3.63) is 72.3 Å². The molecule has 0 aliphatic heterocycles. The highest BCUT2D eigenvalue weighted by molar-refractivity contribution is 8.00. The molecule has 33 heavy (non-hydrogen) atoms. The molecule has 1 heterocycles. The normalized spacial score (nSPS) is 10.8. The molecule has 0 unspecified atom stereocenters. The van der Waals surface area contributed by atoms with Crippen LogP contribution in [0.1, 0.15) is 0 Å². The predicted molar refractivity (Wildman–Crippen MR) is 124 cm³/mol. The average molecular weight is 467 g/mol. The Balaban J connectivity index is 1.59. The van der Waals surface area contributed by atoms with Crippen LogP contribution in [0.25, 0.3) is 22.3 Å². The molecule has 0 spiro atoms. The molecule has 9 heteroatoms. The first-order valence-electron chi connectivity index (χ1n) is 9.85. The SMILES string of the molecule is COc1ccc(NC(=O)CSc2nc(-c3ccc(F)cc3)nc3ccc(F)cc23)c(OC)c1. The number of anilines is 1. The van der Waals surface area contributed by atoms with Crippen molar-refractivity contribution in [2.24, 2.45) is 0 Å². The molecule has 168 valence electrons. The number of ether oxygens (including phenoxy) is 2. The van der Waals surface area contributed by atoms with Crippen molar-refractivity contribution in [3.63, 3.8) is 0 Å². The molecule has 0 aliphatic carbocycles. The fourth-order valence-corrected chi connectivity index (χ4v) is 3.94. The van der Waals surface area contributed by atoms with E-state index in [9.17, 15) is 13.6 Å². The van der Waals surface area contributed by atoms with Crippen LogP contribution in [0.15, 0.2) is 65.7 Å². The van der Waals surface area contributed by atoms with Gasteiger partial charge in [0.1, 0.15) is 28.2 Å². The number of amides is 1. The lowest BCUT2D eigenvalue weighted by atomic mass is 10.2. The summed E-state index contributed by atoms with van der Waals surface area (Å²) in [6.07, 6.45) is 0. The lowest BCUT2D eigenvalue weighted by molar-refractivity contribution is -0.113. The van der Waals surface area contributed by atoms with E-state index in [0.29, 0.717) is 44.5 Å². The maximum Gasteiger partial charge on any atom is 0.234 e. The number of aromatic nitrogens is 2. The summed E-state index contributed by atoms with van der Waals surface area (Å²) in [6, 6.07) is 15.0. The first kappa shape index (κ1) is 22.5. The second-order valence-corrected chi connectivity index (χ2v) is 7.89. The Morgan fingerprint density at radius 3 is 2.42 bits per heavy atom. The number of nitrogens with zero attached hydrogens (tertiary/aromatic N) is 2. The van der Waals surface area contributed by atoms with Crippen LogP contribution in [0.3, 0.4) is 0 Å². The number of methoxy groups -OCH3 is 2. The number of hydrogen-bond donors (Lipinski definition) is 1. The molecular weight excluding hydrogens is 448 g/mol. The van der Waals surface area contributed by atoms with E-state index in [-0.39, 0.29) is 17.5 Å². The van der Waals surface area contributed by atoms with Gasteiger partial charge < -0.3 is 14.8 Å². The van der Waals surface area contributed by atoms with Gasteiger partial charge in [0, 0.05) is 17.0 Å². The van der Waals surface area contributed by atoms with Gasteiger partial charge in [0.05, 0.1) is 31.2 Å². The van der Waals surface area contributed by atoms with Crippen molar-refractivity contribution in [2.45, 2.75) is 5.03 Å². The van der Waals surface area contributed by atoms with Crippen LogP contribution >= 0.6 is 11.8 Å². The second kappa shape index (κ2) is 9.83. The number of rotatable bonds is 7. The fourth-order valence-electron chi connectivity index (χ4n) is 3.13. The number of fused-ring (bicyclic) bond motifs is 1. The highest BCUT2D eigenvalue weighted by Crippen LogP contribution is 2.31. The molecule has 1 N–H and O–H groups in total. The van der Waals surface area contributed by atoms with Crippen molar-refractivity contribution < 1.29 is 23.0 Å². The fraction of sp³-hybridized carbons (Fsp3) is 0.125. The lowest BCUT2D eigenvalue weighted by Crippen LogP contribution is -2.15. The maximum atomic E-state index is 13.9. The van der Waals surface area contributed by atoms with Crippen LogP contribution in [0.4, 0.5) is 14.5 Å².